The number of allylic oxidation sites excluding steroid dienone is 4. The summed E-state index contributed by atoms with van der Waals surface area (Å²) in [5, 5.41) is 24.9. The molecule has 0 saturated heterocycles. The third kappa shape index (κ3) is 6.80. The molecule has 2 N–H and O–H groups in total. The van der Waals surface area contributed by atoms with E-state index in [0.29, 0.717) is 73.5 Å². The number of halogens is 4. The molecule has 1 aromatic heterocycles. The highest BCUT2D eigenvalue weighted by Gasteiger charge is 2.75. The molecule has 12 heteroatoms. The number of aliphatic hydroxyl groups excluding tert-OH is 1. The van der Waals surface area contributed by atoms with Gasteiger partial charge in [0, 0.05) is 40.5 Å². The highest BCUT2D eigenvalue weighted by molar-refractivity contribution is 6.33. The van der Waals surface area contributed by atoms with Crippen LogP contribution in [0.4, 0.5) is 13.2 Å². The van der Waals surface area contributed by atoms with E-state index in [-0.39, 0.29) is 69.4 Å². The predicted molar refractivity (Wildman–Crippen MR) is 247 cm³/mol. The minimum Gasteiger partial charge on any atom is -0.493 e. The number of carbonyl (C=O) groups excluding carboxylic acids is 2. The van der Waals surface area contributed by atoms with Gasteiger partial charge >= 0.3 is 6.18 Å². The summed E-state index contributed by atoms with van der Waals surface area (Å²) < 4.78 is 58.9. The zero-order valence-electron chi connectivity index (χ0n) is 39.0. The molecule has 8 unspecified atom stereocenters. The smallest absolute Gasteiger partial charge is 0.416 e. The summed E-state index contributed by atoms with van der Waals surface area (Å²) in [6.45, 7) is 5.32. The minimum atomic E-state index is -4.60. The van der Waals surface area contributed by atoms with Gasteiger partial charge in [0.1, 0.15) is 5.76 Å². The molecule has 10 aliphatic carbocycles. The topological polar surface area (TPSA) is 109 Å². The minimum absolute atomic E-state index is 0.00121. The van der Waals surface area contributed by atoms with Crippen molar-refractivity contribution in [3.05, 3.63) is 94.2 Å². The van der Waals surface area contributed by atoms with Crippen molar-refractivity contribution in [1.29, 1.82) is 0 Å². The second kappa shape index (κ2) is 15.5. The van der Waals surface area contributed by atoms with E-state index in [1.807, 2.05) is 23.1 Å². The molecular formula is C55H63ClF3NO7. The van der Waals surface area contributed by atoms with Crippen molar-refractivity contribution < 1.29 is 46.9 Å². The number of nitrogens with zero attached hydrogens (tertiary/aromatic N) is 1. The summed E-state index contributed by atoms with van der Waals surface area (Å²) in [6, 6.07) is 11.7. The zero-order valence-corrected chi connectivity index (χ0v) is 39.8. The van der Waals surface area contributed by atoms with E-state index in [1.165, 1.54) is 37.5 Å². The second-order valence-electron chi connectivity index (χ2n) is 23.0. The maximum atomic E-state index is 15.4. The average molecular weight is 943 g/mol. The lowest BCUT2D eigenvalue weighted by molar-refractivity contribution is -0.181. The maximum Gasteiger partial charge on any atom is 0.416 e. The molecule has 3 aromatic rings. The Kier molecular flexibility index (Phi) is 10.5. The highest BCUT2D eigenvalue weighted by atomic mass is 35.5. The number of methoxy groups -OCH3 is 2. The first-order valence-electron chi connectivity index (χ1n) is 24.6. The quantitative estimate of drug-likeness (QED) is 0.146. The lowest BCUT2D eigenvalue weighted by Gasteiger charge is -2.71. The summed E-state index contributed by atoms with van der Waals surface area (Å²) >= 11 is 6.46. The third-order valence-corrected chi connectivity index (χ3v) is 20.0. The SMILES string of the molecule is COc1ccc(CC(=O)N(CC23CC4CC(CC(C4)C2)C3)CC2(O)CCC3C45C=CC6(C=C4C(=O)c4ccc(-c7cc(C(F)(F)F)ccc7Cl)o4)CC(O)CCC6(C)C5CCC32C)cc1OC. The van der Waals surface area contributed by atoms with Crippen LogP contribution in [0.1, 0.15) is 119 Å². The zero-order chi connectivity index (χ0) is 47.1. The van der Waals surface area contributed by atoms with Crippen LogP contribution < -0.4 is 9.47 Å². The van der Waals surface area contributed by atoms with E-state index in [4.69, 9.17) is 25.5 Å². The number of Topliss-reactive ketones (excluding diaryl/α,β-unsaturated/α-hetero) is 1. The Morgan fingerprint density at radius 1 is 0.821 bits per heavy atom. The predicted octanol–water partition coefficient (Wildman–Crippen LogP) is 11.7. The summed E-state index contributed by atoms with van der Waals surface area (Å²) in [5.41, 5.74) is -3.12. The van der Waals surface area contributed by atoms with Crippen LogP contribution in [0.3, 0.4) is 0 Å². The largest absolute Gasteiger partial charge is 0.493 e. The molecule has 1 heterocycles. The van der Waals surface area contributed by atoms with Gasteiger partial charge < -0.3 is 29.0 Å². The van der Waals surface area contributed by atoms with Crippen LogP contribution in [0.2, 0.25) is 5.02 Å². The van der Waals surface area contributed by atoms with Crippen molar-refractivity contribution in [3.8, 4) is 22.8 Å². The molecule has 7 fully saturated rings. The van der Waals surface area contributed by atoms with Crippen LogP contribution in [0.25, 0.3) is 11.3 Å². The lowest BCUT2D eigenvalue weighted by atomic mass is 9.32. The fourth-order valence-electron chi connectivity index (χ4n) is 16.9. The van der Waals surface area contributed by atoms with Gasteiger partial charge in [-0.2, -0.15) is 13.2 Å². The van der Waals surface area contributed by atoms with Crippen molar-refractivity contribution in [3.63, 3.8) is 0 Å². The van der Waals surface area contributed by atoms with Gasteiger partial charge in [-0.3, -0.25) is 9.59 Å². The van der Waals surface area contributed by atoms with E-state index >= 15 is 9.59 Å². The molecule has 8 atom stereocenters. The fraction of sp³-hybridized carbons (Fsp3) is 0.600. The van der Waals surface area contributed by atoms with Gasteiger partial charge in [0.25, 0.3) is 0 Å². The van der Waals surface area contributed by atoms with Crippen LogP contribution in [-0.4, -0.2) is 65.8 Å². The van der Waals surface area contributed by atoms with Crippen molar-refractivity contribution in [2.75, 3.05) is 27.3 Å². The molecule has 8 nitrogen and oxygen atoms in total. The number of rotatable bonds is 11. The molecule has 0 radical (unpaired) electrons. The number of hydrogen-bond donors (Lipinski definition) is 2. The number of amides is 1. The summed E-state index contributed by atoms with van der Waals surface area (Å²) in [7, 11) is 3.18. The Morgan fingerprint density at radius 2 is 1.49 bits per heavy atom. The molecule has 7 saturated carbocycles. The average Bonchev–Trinajstić information content (AvgIpc) is 3.87. The molecule has 1 amide bonds. The molecule has 13 rings (SSSR count). The number of fused-ring (bicyclic) bond motifs is 1. The Balaban J connectivity index is 0.962. The Bertz CT molecular complexity index is 2550. The summed E-state index contributed by atoms with van der Waals surface area (Å²) in [5.74, 6) is 2.72. The molecule has 358 valence electrons. The molecule has 6 bridgehead atoms. The van der Waals surface area contributed by atoms with E-state index in [9.17, 15) is 23.4 Å². The number of alkyl halides is 3. The van der Waals surface area contributed by atoms with Gasteiger partial charge in [-0.25, -0.2) is 0 Å². The number of ether oxygens (including phenoxy) is 2. The van der Waals surface area contributed by atoms with Crippen molar-refractivity contribution in [1.82, 2.24) is 4.90 Å². The van der Waals surface area contributed by atoms with Crippen molar-refractivity contribution in [2.24, 2.45) is 56.7 Å². The number of carbonyl (C=O) groups is 2. The number of hydrogen-bond acceptors (Lipinski definition) is 7. The normalized spacial score (nSPS) is 38.8. The second-order valence-corrected chi connectivity index (χ2v) is 23.4. The van der Waals surface area contributed by atoms with E-state index in [2.05, 4.69) is 32.1 Å². The first kappa shape index (κ1) is 45.4. The van der Waals surface area contributed by atoms with Crippen molar-refractivity contribution >= 4 is 23.3 Å². The molecule has 67 heavy (non-hydrogen) atoms. The molecule has 2 spiro atoms. The molecular weight excluding hydrogens is 879 g/mol. The molecule has 2 aromatic carbocycles. The Morgan fingerprint density at radius 3 is 2.18 bits per heavy atom. The van der Waals surface area contributed by atoms with Gasteiger partial charge in [-0.05, 0) is 172 Å². The Hall–Kier alpha value is -4.06. The standard InChI is InChI=1S/C55H63ClF3NO7/c1-49-14-11-37(61)28-52(49)17-18-54(39(29-52)48(63)43-10-9-41(67-43)38-24-36(55(57,58)59)6-7-40(38)56)45(49)12-15-50(2)46(54)13-16-53(50,64)31-60(30-51-25-33-19-34(26-51)21-35(20-33)27-51)47(62)23-32-5-8-42(65-3)44(22-32)66-4/h5-10,17-18,22,24,29,33-35,37,45-46,61,64H,11-16,19-21,23,25-28,30-31H2,1-4H3. The maximum absolute atomic E-state index is 15.4. The molecule has 0 aliphatic heterocycles. The van der Waals surface area contributed by atoms with Crippen LogP contribution in [0.5, 0.6) is 11.5 Å². The number of ketones is 1. The monoisotopic (exact) mass is 941 g/mol. The van der Waals surface area contributed by atoms with Gasteiger partial charge in [0.2, 0.25) is 11.7 Å². The number of furan rings is 1. The third-order valence-electron chi connectivity index (χ3n) is 19.6. The number of aliphatic hydroxyl groups is 2. The molecule has 10 aliphatic rings. The summed E-state index contributed by atoms with van der Waals surface area (Å²) in [4.78, 5) is 32.4. The van der Waals surface area contributed by atoms with Crippen LogP contribution in [0.15, 0.2) is 76.7 Å². The van der Waals surface area contributed by atoms with Gasteiger partial charge in [-0.15, -0.1) is 0 Å². The van der Waals surface area contributed by atoms with Crippen LogP contribution in [-0.2, 0) is 17.4 Å². The van der Waals surface area contributed by atoms with Crippen molar-refractivity contribution in [2.45, 2.75) is 122 Å². The van der Waals surface area contributed by atoms with E-state index in [1.54, 1.807) is 14.2 Å². The van der Waals surface area contributed by atoms with E-state index in [0.717, 1.165) is 49.8 Å². The fourth-order valence-corrected chi connectivity index (χ4v) is 17.1. The van der Waals surface area contributed by atoms with Gasteiger partial charge in [0.05, 0.1) is 42.9 Å². The van der Waals surface area contributed by atoms with E-state index < -0.39 is 39.7 Å². The van der Waals surface area contributed by atoms with Crippen LogP contribution in [0, 0.1) is 56.7 Å². The van der Waals surface area contributed by atoms with Gasteiger partial charge in [0.15, 0.2) is 17.3 Å². The van der Waals surface area contributed by atoms with Gasteiger partial charge in [-0.1, -0.05) is 49.7 Å². The first-order valence-corrected chi connectivity index (χ1v) is 25.0. The first-order chi connectivity index (χ1) is 31.8. The highest BCUT2D eigenvalue weighted by Crippen LogP contribution is 2.78. The van der Waals surface area contributed by atoms with Crippen LogP contribution >= 0.6 is 11.6 Å². The number of benzene rings is 2. The Labute approximate surface area is 396 Å². The summed E-state index contributed by atoms with van der Waals surface area (Å²) in [6.07, 6.45) is 13.2. The lowest BCUT2D eigenvalue weighted by Crippen LogP contribution is -2.67.